The predicted octanol–water partition coefficient (Wildman–Crippen LogP) is 2.66. The molecule has 0 aliphatic carbocycles. The average molecular weight is 194 g/mol. The second-order valence-corrected chi connectivity index (χ2v) is 5.17. The fourth-order valence-corrected chi connectivity index (χ4v) is 2.05. The van der Waals surface area contributed by atoms with E-state index >= 15 is 0 Å². The van der Waals surface area contributed by atoms with E-state index in [9.17, 15) is 0 Å². The molecule has 0 N–H and O–H groups in total. The van der Waals surface area contributed by atoms with Crippen LogP contribution in [-0.2, 0) is 0 Å². The Kier molecular flexibility index (Phi) is 3.55. The third kappa shape index (κ3) is 2.27. The van der Waals surface area contributed by atoms with Gasteiger partial charge < -0.3 is 0 Å². The Morgan fingerprint density at radius 1 is 1.57 bits per heavy atom. The lowest BCUT2D eigenvalue weighted by atomic mass is 9.74. The van der Waals surface area contributed by atoms with Crippen LogP contribution in [0.2, 0.25) is 0 Å². The minimum atomic E-state index is 0.199. The van der Waals surface area contributed by atoms with Crippen LogP contribution in [0.3, 0.4) is 0 Å². The van der Waals surface area contributed by atoms with Gasteiger partial charge in [-0.05, 0) is 31.7 Å². The van der Waals surface area contributed by atoms with Gasteiger partial charge in [-0.1, -0.05) is 20.8 Å². The van der Waals surface area contributed by atoms with Gasteiger partial charge in [-0.2, -0.15) is 5.26 Å². The smallest absolute Gasteiger partial charge is 0.0674 e. The Bertz CT molecular complexity index is 227. The van der Waals surface area contributed by atoms with Crippen molar-refractivity contribution in [3.05, 3.63) is 0 Å². The highest BCUT2D eigenvalue weighted by Gasteiger charge is 2.36. The molecule has 0 aromatic rings. The van der Waals surface area contributed by atoms with Gasteiger partial charge in [0.05, 0.1) is 12.0 Å². The van der Waals surface area contributed by atoms with E-state index in [1.165, 1.54) is 6.42 Å². The molecule has 0 saturated carbocycles. The van der Waals surface area contributed by atoms with Crippen LogP contribution in [0.25, 0.3) is 0 Å². The van der Waals surface area contributed by atoms with Crippen molar-refractivity contribution in [2.45, 2.75) is 46.6 Å². The monoisotopic (exact) mass is 194 g/mol. The summed E-state index contributed by atoms with van der Waals surface area (Å²) in [6.07, 6.45) is 2.33. The lowest BCUT2D eigenvalue weighted by Crippen LogP contribution is -2.47. The van der Waals surface area contributed by atoms with Crippen molar-refractivity contribution < 1.29 is 0 Å². The van der Waals surface area contributed by atoms with Crippen LogP contribution in [0.1, 0.15) is 40.5 Å². The van der Waals surface area contributed by atoms with Crippen LogP contribution in [0, 0.1) is 22.7 Å². The van der Waals surface area contributed by atoms with Crippen LogP contribution in [0.15, 0.2) is 0 Å². The molecule has 1 heterocycles. The summed E-state index contributed by atoms with van der Waals surface area (Å²) in [6, 6.07) is 3.09. The van der Waals surface area contributed by atoms with E-state index in [0.717, 1.165) is 19.5 Å². The van der Waals surface area contributed by atoms with E-state index in [2.05, 4.69) is 38.7 Å². The highest BCUT2D eigenvalue weighted by Crippen LogP contribution is 2.35. The first-order valence-electron chi connectivity index (χ1n) is 5.65. The van der Waals surface area contributed by atoms with Crippen molar-refractivity contribution in [2.75, 3.05) is 13.1 Å². The first kappa shape index (κ1) is 11.5. The summed E-state index contributed by atoms with van der Waals surface area (Å²) in [6.45, 7) is 11.0. The van der Waals surface area contributed by atoms with Gasteiger partial charge in [-0.15, -0.1) is 0 Å². The van der Waals surface area contributed by atoms with Crippen molar-refractivity contribution in [1.82, 2.24) is 4.90 Å². The molecule has 80 valence electrons. The molecule has 0 amide bonds. The molecule has 0 bridgehead atoms. The van der Waals surface area contributed by atoms with Crippen molar-refractivity contribution in [3.63, 3.8) is 0 Å². The first-order chi connectivity index (χ1) is 6.51. The number of nitrogens with zero attached hydrogens (tertiary/aromatic N) is 2. The van der Waals surface area contributed by atoms with Crippen LogP contribution >= 0.6 is 0 Å². The van der Waals surface area contributed by atoms with E-state index in [1.807, 2.05) is 0 Å². The maximum atomic E-state index is 9.12. The minimum absolute atomic E-state index is 0.199. The number of nitriles is 1. The molecule has 1 saturated heterocycles. The Hall–Kier alpha value is -0.550. The quantitative estimate of drug-likeness (QED) is 0.675. The molecule has 14 heavy (non-hydrogen) atoms. The molecular formula is C12H22N2. The molecule has 2 atom stereocenters. The van der Waals surface area contributed by atoms with Crippen LogP contribution in [-0.4, -0.2) is 24.0 Å². The molecule has 0 aromatic carbocycles. The molecule has 0 spiro atoms. The summed E-state index contributed by atoms with van der Waals surface area (Å²) in [7, 11) is 0. The van der Waals surface area contributed by atoms with E-state index in [1.54, 1.807) is 0 Å². The number of piperidine rings is 1. The molecule has 1 rings (SSSR count). The first-order valence-corrected chi connectivity index (χ1v) is 5.65. The zero-order valence-corrected chi connectivity index (χ0v) is 9.88. The SMILES string of the molecule is CCC(C)N1CCC(C)(C)C(C#N)C1. The molecule has 1 fully saturated rings. The minimum Gasteiger partial charge on any atom is -0.299 e. The third-order valence-electron chi connectivity index (χ3n) is 3.77. The van der Waals surface area contributed by atoms with E-state index in [-0.39, 0.29) is 11.3 Å². The standard InChI is InChI=1S/C12H22N2/c1-5-10(2)14-7-6-12(3,4)11(8-13)9-14/h10-11H,5-7,9H2,1-4H3. The Labute approximate surface area is 87.9 Å². The largest absolute Gasteiger partial charge is 0.299 e. The Morgan fingerprint density at radius 3 is 2.71 bits per heavy atom. The number of likely N-dealkylation sites (tertiary alicyclic amines) is 1. The maximum Gasteiger partial charge on any atom is 0.0674 e. The molecule has 2 nitrogen and oxygen atoms in total. The normalized spacial score (nSPS) is 29.5. The van der Waals surface area contributed by atoms with Crippen LogP contribution in [0.4, 0.5) is 0 Å². The number of hydrogen-bond acceptors (Lipinski definition) is 2. The van der Waals surface area contributed by atoms with Crippen molar-refractivity contribution in [3.8, 4) is 6.07 Å². The molecule has 1 aliphatic rings. The van der Waals surface area contributed by atoms with E-state index < -0.39 is 0 Å². The third-order valence-corrected chi connectivity index (χ3v) is 3.77. The zero-order valence-electron chi connectivity index (χ0n) is 9.88. The van der Waals surface area contributed by atoms with Gasteiger partial charge in [0.25, 0.3) is 0 Å². The Morgan fingerprint density at radius 2 is 2.21 bits per heavy atom. The highest BCUT2D eigenvalue weighted by molar-refractivity contribution is 4.99. The van der Waals surface area contributed by atoms with E-state index in [4.69, 9.17) is 5.26 Å². The zero-order chi connectivity index (χ0) is 10.8. The summed E-state index contributed by atoms with van der Waals surface area (Å²) in [4.78, 5) is 2.46. The lowest BCUT2D eigenvalue weighted by Gasteiger charge is -2.43. The molecule has 0 radical (unpaired) electrons. The van der Waals surface area contributed by atoms with Gasteiger partial charge in [-0.3, -0.25) is 4.90 Å². The van der Waals surface area contributed by atoms with Crippen molar-refractivity contribution >= 4 is 0 Å². The summed E-state index contributed by atoms with van der Waals surface area (Å²) in [5.41, 5.74) is 0.207. The molecule has 0 aromatic heterocycles. The van der Waals surface area contributed by atoms with E-state index in [0.29, 0.717) is 6.04 Å². The summed E-state index contributed by atoms with van der Waals surface area (Å²) in [5.74, 6) is 0.199. The molecule has 2 heteroatoms. The topological polar surface area (TPSA) is 27.0 Å². The van der Waals surface area contributed by atoms with Gasteiger partial charge in [0.1, 0.15) is 0 Å². The number of rotatable bonds is 2. The highest BCUT2D eigenvalue weighted by atomic mass is 15.2. The average Bonchev–Trinajstić information content (AvgIpc) is 2.16. The van der Waals surface area contributed by atoms with Crippen LogP contribution < -0.4 is 0 Å². The van der Waals surface area contributed by atoms with Gasteiger partial charge in [-0.25, -0.2) is 0 Å². The summed E-state index contributed by atoms with van der Waals surface area (Å²) >= 11 is 0. The lowest BCUT2D eigenvalue weighted by molar-refractivity contribution is 0.0637. The molecule has 1 aliphatic heterocycles. The van der Waals surface area contributed by atoms with Crippen molar-refractivity contribution in [1.29, 1.82) is 5.26 Å². The Balaban J connectivity index is 2.63. The molecular weight excluding hydrogens is 172 g/mol. The maximum absolute atomic E-state index is 9.12. The van der Waals surface area contributed by atoms with Gasteiger partial charge >= 0.3 is 0 Å². The van der Waals surface area contributed by atoms with Gasteiger partial charge in [0, 0.05) is 12.6 Å². The number of hydrogen-bond donors (Lipinski definition) is 0. The second kappa shape index (κ2) is 4.31. The summed E-state index contributed by atoms with van der Waals surface area (Å²) in [5, 5.41) is 9.12. The fourth-order valence-electron chi connectivity index (χ4n) is 2.05. The predicted molar refractivity (Wildman–Crippen MR) is 58.8 cm³/mol. The molecule has 2 unspecified atom stereocenters. The second-order valence-electron chi connectivity index (χ2n) is 5.17. The van der Waals surface area contributed by atoms with Gasteiger partial charge in [0.2, 0.25) is 0 Å². The summed E-state index contributed by atoms with van der Waals surface area (Å²) < 4.78 is 0. The fraction of sp³-hybridized carbons (Fsp3) is 0.917. The van der Waals surface area contributed by atoms with Crippen molar-refractivity contribution in [2.24, 2.45) is 11.3 Å². The van der Waals surface area contributed by atoms with Crippen LogP contribution in [0.5, 0.6) is 0 Å². The van der Waals surface area contributed by atoms with Gasteiger partial charge in [0.15, 0.2) is 0 Å².